The lowest BCUT2D eigenvalue weighted by Crippen LogP contribution is -2.10. The summed E-state index contributed by atoms with van der Waals surface area (Å²) in [6.07, 6.45) is 8.76. The first-order valence-electron chi connectivity index (χ1n) is 8.56. The van der Waals surface area contributed by atoms with Crippen LogP contribution in [0.3, 0.4) is 0 Å². The summed E-state index contributed by atoms with van der Waals surface area (Å²) in [4.78, 5) is 10.5. The van der Waals surface area contributed by atoms with Gasteiger partial charge in [-0.15, -0.1) is 0 Å². The summed E-state index contributed by atoms with van der Waals surface area (Å²) >= 11 is 0. The summed E-state index contributed by atoms with van der Waals surface area (Å²) in [6.45, 7) is 11.6. The van der Waals surface area contributed by atoms with Gasteiger partial charge in [-0.25, -0.2) is 0 Å². The number of hydrogen-bond donors (Lipinski definition) is 1. The van der Waals surface area contributed by atoms with Gasteiger partial charge in [0, 0.05) is 6.42 Å². The number of carboxylic acids is 1. The molecule has 0 rings (SSSR count). The highest BCUT2D eigenvalue weighted by atomic mass is 16.4. The van der Waals surface area contributed by atoms with Crippen LogP contribution in [0.15, 0.2) is 0 Å². The van der Waals surface area contributed by atoms with Crippen molar-refractivity contribution in [2.45, 2.75) is 86.0 Å². The first kappa shape index (κ1) is 19.5. The Kier molecular flexibility index (Phi) is 10.9. The van der Waals surface area contributed by atoms with Gasteiger partial charge in [0.15, 0.2) is 0 Å². The Morgan fingerprint density at radius 3 is 1.75 bits per heavy atom. The van der Waals surface area contributed by atoms with Crippen molar-refractivity contribution in [3.8, 4) is 0 Å². The van der Waals surface area contributed by atoms with Crippen LogP contribution in [0.4, 0.5) is 0 Å². The van der Waals surface area contributed by atoms with Crippen molar-refractivity contribution in [3.05, 3.63) is 0 Å². The summed E-state index contributed by atoms with van der Waals surface area (Å²) < 4.78 is 0. The molecule has 0 saturated heterocycles. The van der Waals surface area contributed by atoms with Gasteiger partial charge in [-0.2, -0.15) is 0 Å². The fourth-order valence-electron chi connectivity index (χ4n) is 3.58. The van der Waals surface area contributed by atoms with Crippen LogP contribution in [0.2, 0.25) is 0 Å². The zero-order valence-corrected chi connectivity index (χ0v) is 14.3. The minimum Gasteiger partial charge on any atom is -0.481 e. The monoisotopic (exact) mass is 284 g/mol. The third-order valence-corrected chi connectivity index (χ3v) is 4.28. The van der Waals surface area contributed by atoms with E-state index >= 15 is 0 Å². The molecule has 2 nitrogen and oxygen atoms in total. The first-order chi connectivity index (χ1) is 9.35. The standard InChI is InChI=1S/C18H36O2/c1-6-8-14(2)11-16(4)13-17(5)12-15(3)9-7-10-18(19)20/h14-17H,6-13H2,1-5H3,(H,19,20). The molecule has 0 fully saturated rings. The molecule has 0 aromatic carbocycles. The van der Waals surface area contributed by atoms with Gasteiger partial charge in [0.1, 0.15) is 0 Å². The summed E-state index contributed by atoms with van der Waals surface area (Å²) in [5.41, 5.74) is 0. The third-order valence-electron chi connectivity index (χ3n) is 4.28. The van der Waals surface area contributed by atoms with Crippen LogP contribution in [0.1, 0.15) is 86.0 Å². The Morgan fingerprint density at radius 1 is 0.850 bits per heavy atom. The van der Waals surface area contributed by atoms with Crippen molar-refractivity contribution >= 4 is 5.97 Å². The average Bonchev–Trinajstić information content (AvgIpc) is 2.27. The van der Waals surface area contributed by atoms with Gasteiger partial charge in [-0.3, -0.25) is 4.79 Å². The zero-order valence-electron chi connectivity index (χ0n) is 14.3. The molecular formula is C18H36O2. The minimum atomic E-state index is -0.663. The molecule has 2 heteroatoms. The number of rotatable bonds is 12. The predicted molar refractivity (Wildman–Crippen MR) is 86.9 cm³/mol. The molecule has 20 heavy (non-hydrogen) atoms. The Morgan fingerprint density at radius 2 is 1.30 bits per heavy atom. The molecule has 0 radical (unpaired) electrons. The van der Waals surface area contributed by atoms with Crippen molar-refractivity contribution in [2.24, 2.45) is 23.7 Å². The molecule has 4 atom stereocenters. The van der Waals surface area contributed by atoms with Gasteiger partial charge in [0.05, 0.1) is 0 Å². The Bertz CT molecular complexity index is 250. The molecule has 4 unspecified atom stereocenters. The maximum Gasteiger partial charge on any atom is 0.303 e. The molecule has 0 spiro atoms. The van der Waals surface area contributed by atoms with E-state index in [9.17, 15) is 4.79 Å². The minimum absolute atomic E-state index is 0.323. The highest BCUT2D eigenvalue weighted by Gasteiger charge is 2.14. The van der Waals surface area contributed by atoms with E-state index in [0.717, 1.165) is 30.6 Å². The van der Waals surface area contributed by atoms with E-state index in [-0.39, 0.29) is 0 Å². The van der Waals surface area contributed by atoms with E-state index in [1.54, 1.807) is 0 Å². The number of carbonyl (C=O) groups is 1. The van der Waals surface area contributed by atoms with Crippen LogP contribution in [-0.2, 0) is 4.79 Å². The highest BCUT2D eigenvalue weighted by Crippen LogP contribution is 2.27. The van der Waals surface area contributed by atoms with Gasteiger partial charge in [0.25, 0.3) is 0 Å². The molecule has 0 aliphatic rings. The molecule has 0 aliphatic carbocycles. The van der Waals surface area contributed by atoms with Gasteiger partial charge < -0.3 is 5.11 Å². The van der Waals surface area contributed by atoms with Crippen LogP contribution < -0.4 is 0 Å². The van der Waals surface area contributed by atoms with Crippen LogP contribution in [0, 0.1) is 23.7 Å². The molecule has 1 N–H and O–H groups in total. The molecular weight excluding hydrogens is 248 g/mol. The number of hydrogen-bond acceptors (Lipinski definition) is 1. The van der Waals surface area contributed by atoms with Gasteiger partial charge >= 0.3 is 5.97 Å². The van der Waals surface area contributed by atoms with Crippen LogP contribution >= 0.6 is 0 Å². The Balaban J connectivity index is 3.79. The molecule has 0 aromatic rings. The average molecular weight is 284 g/mol. The lowest BCUT2D eigenvalue weighted by molar-refractivity contribution is -0.137. The molecule has 0 amide bonds. The van der Waals surface area contributed by atoms with E-state index in [1.807, 2.05) is 0 Å². The SMILES string of the molecule is CCCC(C)CC(C)CC(C)CC(C)CCCC(=O)O. The van der Waals surface area contributed by atoms with E-state index in [0.29, 0.717) is 12.3 Å². The second-order valence-corrected chi connectivity index (χ2v) is 7.20. The highest BCUT2D eigenvalue weighted by molar-refractivity contribution is 5.66. The quantitative estimate of drug-likeness (QED) is 0.495. The summed E-state index contributed by atoms with van der Waals surface area (Å²) in [7, 11) is 0. The third kappa shape index (κ3) is 11.3. The molecule has 0 saturated carbocycles. The maximum absolute atomic E-state index is 10.5. The van der Waals surface area contributed by atoms with Gasteiger partial charge in [-0.1, -0.05) is 53.9 Å². The molecule has 120 valence electrons. The van der Waals surface area contributed by atoms with Gasteiger partial charge in [0.2, 0.25) is 0 Å². The van der Waals surface area contributed by atoms with E-state index in [1.165, 1.54) is 32.1 Å². The van der Waals surface area contributed by atoms with E-state index in [2.05, 4.69) is 34.6 Å². The second kappa shape index (κ2) is 11.2. The number of carboxylic acid groups (broad SMARTS) is 1. The summed E-state index contributed by atoms with van der Waals surface area (Å²) in [5.74, 6) is 2.43. The second-order valence-electron chi connectivity index (χ2n) is 7.20. The largest absolute Gasteiger partial charge is 0.481 e. The zero-order chi connectivity index (χ0) is 15.5. The predicted octanol–water partition coefficient (Wildman–Crippen LogP) is 5.76. The van der Waals surface area contributed by atoms with Crippen molar-refractivity contribution in [1.82, 2.24) is 0 Å². The van der Waals surface area contributed by atoms with Crippen LogP contribution in [-0.4, -0.2) is 11.1 Å². The van der Waals surface area contributed by atoms with Gasteiger partial charge in [-0.05, 0) is 49.4 Å². The van der Waals surface area contributed by atoms with E-state index in [4.69, 9.17) is 5.11 Å². The normalized spacial score (nSPS) is 17.4. The number of aliphatic carboxylic acids is 1. The molecule has 0 heterocycles. The topological polar surface area (TPSA) is 37.3 Å². The molecule has 0 aliphatic heterocycles. The maximum atomic E-state index is 10.5. The van der Waals surface area contributed by atoms with E-state index < -0.39 is 5.97 Å². The van der Waals surface area contributed by atoms with Crippen LogP contribution in [0.25, 0.3) is 0 Å². The van der Waals surface area contributed by atoms with Crippen molar-refractivity contribution in [3.63, 3.8) is 0 Å². The summed E-state index contributed by atoms with van der Waals surface area (Å²) in [5, 5.41) is 8.65. The van der Waals surface area contributed by atoms with Crippen molar-refractivity contribution in [2.75, 3.05) is 0 Å². The summed E-state index contributed by atoms with van der Waals surface area (Å²) in [6, 6.07) is 0. The lowest BCUT2D eigenvalue weighted by atomic mass is 9.84. The molecule has 0 aromatic heterocycles. The Labute approximate surface area is 126 Å². The fourth-order valence-corrected chi connectivity index (χ4v) is 3.58. The smallest absolute Gasteiger partial charge is 0.303 e. The van der Waals surface area contributed by atoms with Crippen molar-refractivity contribution < 1.29 is 9.90 Å². The van der Waals surface area contributed by atoms with Crippen molar-refractivity contribution in [1.29, 1.82) is 0 Å². The Hall–Kier alpha value is -0.530. The first-order valence-corrected chi connectivity index (χ1v) is 8.56. The fraction of sp³-hybridized carbons (Fsp3) is 0.944. The van der Waals surface area contributed by atoms with Crippen LogP contribution in [0.5, 0.6) is 0 Å². The molecule has 0 bridgehead atoms. The lowest BCUT2D eigenvalue weighted by Gasteiger charge is -2.22.